The van der Waals surface area contributed by atoms with Gasteiger partial charge in [0.15, 0.2) is 0 Å². The fraction of sp³-hybridized carbons (Fsp3) is 0.538. The van der Waals surface area contributed by atoms with E-state index in [1.165, 1.54) is 28.0 Å². The van der Waals surface area contributed by atoms with E-state index in [2.05, 4.69) is 56.7 Å². The minimum atomic E-state index is -3.16. The number of hydrogen-bond acceptors (Lipinski definition) is 9. The number of nitrogens with zero attached hydrogens (tertiary/aromatic N) is 4. The van der Waals surface area contributed by atoms with Crippen LogP contribution in [0.4, 0.5) is 5.69 Å². The summed E-state index contributed by atoms with van der Waals surface area (Å²) in [5.41, 5.74) is 5.11. The van der Waals surface area contributed by atoms with Crippen molar-refractivity contribution in [3.05, 3.63) is 80.8 Å². The quantitative estimate of drug-likeness (QED) is 0.256. The van der Waals surface area contributed by atoms with Gasteiger partial charge in [0.05, 0.1) is 33.9 Å². The van der Waals surface area contributed by atoms with E-state index in [9.17, 15) is 13.8 Å². The summed E-state index contributed by atoms with van der Waals surface area (Å²) in [4.78, 5) is 29.5. The highest BCUT2D eigenvalue weighted by Gasteiger charge is 2.44. The molecule has 1 saturated carbocycles. The van der Waals surface area contributed by atoms with Gasteiger partial charge in [-0.3, -0.25) is 9.59 Å². The molecule has 1 fully saturated rings. The van der Waals surface area contributed by atoms with Crippen molar-refractivity contribution in [2.24, 2.45) is 16.2 Å². The van der Waals surface area contributed by atoms with Crippen LogP contribution in [0.3, 0.4) is 0 Å². The molecule has 4 aliphatic rings. The predicted molar refractivity (Wildman–Crippen MR) is 198 cm³/mol. The van der Waals surface area contributed by atoms with Gasteiger partial charge in [0.25, 0.3) is 5.91 Å². The van der Waals surface area contributed by atoms with Crippen LogP contribution in [0.5, 0.6) is 5.75 Å². The number of aryl methyl sites for hydroxylation is 4. The van der Waals surface area contributed by atoms with Gasteiger partial charge >= 0.3 is 0 Å². The number of aromatic nitrogens is 2. The zero-order valence-electron chi connectivity index (χ0n) is 29.4. The topological polar surface area (TPSA) is 111 Å². The Bertz CT molecular complexity index is 1910. The van der Waals surface area contributed by atoms with Crippen LogP contribution in [0.25, 0.3) is 0 Å². The molecular formula is C39H48N4O5S2. The first-order valence-corrected chi connectivity index (χ1v) is 20.7. The average Bonchev–Trinajstić information content (AvgIpc) is 3.44. The van der Waals surface area contributed by atoms with Crippen LogP contribution in [0, 0.1) is 25.7 Å². The van der Waals surface area contributed by atoms with Crippen LogP contribution in [0.2, 0.25) is 0 Å². The number of fused-ring (bicyclic) bond motifs is 4. The van der Waals surface area contributed by atoms with Gasteiger partial charge in [0.1, 0.15) is 21.5 Å². The van der Waals surface area contributed by atoms with Crippen molar-refractivity contribution < 1.29 is 23.3 Å². The smallest absolute Gasteiger partial charge is 0.285 e. The molecule has 2 aromatic carbocycles. The Morgan fingerprint density at radius 1 is 1.14 bits per heavy atom. The van der Waals surface area contributed by atoms with Gasteiger partial charge in [-0.2, -0.15) is 4.36 Å². The van der Waals surface area contributed by atoms with Crippen molar-refractivity contribution in [1.29, 1.82) is 0 Å². The van der Waals surface area contributed by atoms with Gasteiger partial charge in [-0.15, -0.1) is 21.5 Å². The first-order chi connectivity index (χ1) is 24.1. The Balaban J connectivity index is 1.24. The molecule has 2 aliphatic carbocycles. The lowest BCUT2D eigenvalue weighted by atomic mass is 9.68. The Morgan fingerprint density at radius 2 is 2.02 bits per heavy atom. The molecule has 1 aromatic heterocycles. The van der Waals surface area contributed by atoms with Crippen LogP contribution in [-0.2, 0) is 37.5 Å². The second-order valence-corrected chi connectivity index (χ2v) is 18.4. The summed E-state index contributed by atoms with van der Waals surface area (Å²) in [6, 6.07) is 12.3. The van der Waals surface area contributed by atoms with E-state index in [0.717, 1.165) is 66.6 Å². The maximum atomic E-state index is 14.4. The fourth-order valence-electron chi connectivity index (χ4n) is 8.36. The van der Waals surface area contributed by atoms with E-state index in [0.29, 0.717) is 43.3 Å². The molecule has 0 unspecified atom stereocenters. The summed E-state index contributed by atoms with van der Waals surface area (Å²) in [5.74, 6) is 0.734. The highest BCUT2D eigenvalue weighted by Crippen LogP contribution is 2.47. The van der Waals surface area contributed by atoms with Crippen molar-refractivity contribution >= 4 is 38.4 Å². The van der Waals surface area contributed by atoms with Crippen molar-refractivity contribution in [1.82, 2.24) is 10.2 Å². The van der Waals surface area contributed by atoms with Crippen LogP contribution in [-0.4, -0.2) is 70.5 Å². The highest BCUT2D eigenvalue weighted by molar-refractivity contribution is 7.94. The van der Waals surface area contributed by atoms with E-state index < -0.39 is 15.6 Å². The summed E-state index contributed by atoms with van der Waals surface area (Å²) in [5, 5.41) is 9.76. The monoisotopic (exact) mass is 716 g/mol. The molecule has 0 saturated heterocycles. The van der Waals surface area contributed by atoms with E-state index in [4.69, 9.17) is 9.47 Å². The summed E-state index contributed by atoms with van der Waals surface area (Å²) in [7, 11) is -1.38. The number of methoxy groups -OCH3 is 1. The Morgan fingerprint density at radius 3 is 2.80 bits per heavy atom. The third-order valence-corrected chi connectivity index (χ3v) is 14.2. The minimum absolute atomic E-state index is 0.00998. The number of benzene rings is 2. The van der Waals surface area contributed by atoms with Gasteiger partial charge in [-0.05, 0) is 100.0 Å². The number of Topliss-reactive ketones (excluding diaryl/α,β-unsaturated/α-hetero) is 1. The van der Waals surface area contributed by atoms with Crippen molar-refractivity contribution in [2.45, 2.75) is 83.2 Å². The Labute approximate surface area is 300 Å². The summed E-state index contributed by atoms with van der Waals surface area (Å²) in [6.45, 7) is 6.20. The van der Waals surface area contributed by atoms with Crippen LogP contribution in [0.15, 0.2) is 52.9 Å². The zero-order valence-corrected chi connectivity index (χ0v) is 31.0. The van der Waals surface area contributed by atoms with Crippen LogP contribution in [0.1, 0.15) is 82.0 Å². The highest BCUT2D eigenvalue weighted by atomic mass is 32.2. The first-order valence-electron chi connectivity index (χ1n) is 18.0. The molecule has 50 heavy (non-hydrogen) atoms. The molecule has 7 rings (SSSR count). The van der Waals surface area contributed by atoms with Crippen LogP contribution < -0.4 is 9.64 Å². The molecule has 0 N–H and O–H groups in total. The second kappa shape index (κ2) is 14.7. The number of carbonyl (C=O) groups excluding carboxylic acids is 2. The summed E-state index contributed by atoms with van der Waals surface area (Å²) < 4.78 is 31.4. The third kappa shape index (κ3) is 7.46. The van der Waals surface area contributed by atoms with Gasteiger partial charge in [0, 0.05) is 49.8 Å². The molecule has 11 heteroatoms. The maximum Gasteiger partial charge on any atom is 0.285 e. The molecule has 2 aliphatic heterocycles. The molecule has 1 amide bonds. The molecule has 1 spiro atoms. The summed E-state index contributed by atoms with van der Waals surface area (Å²) in [6.07, 6.45) is 11.5. The average molecular weight is 717 g/mol. The Hall–Kier alpha value is -3.41. The number of amides is 1. The molecular weight excluding hydrogens is 669 g/mol. The van der Waals surface area contributed by atoms with Crippen molar-refractivity contribution in [3.63, 3.8) is 0 Å². The minimum Gasteiger partial charge on any atom is -0.490 e. The number of rotatable bonds is 6. The molecule has 5 atom stereocenters. The molecule has 3 aromatic rings. The van der Waals surface area contributed by atoms with Crippen molar-refractivity contribution in [3.8, 4) is 5.75 Å². The van der Waals surface area contributed by atoms with Crippen molar-refractivity contribution in [2.75, 3.05) is 43.2 Å². The van der Waals surface area contributed by atoms with E-state index >= 15 is 0 Å². The fourth-order valence-corrected chi connectivity index (χ4v) is 11.0. The number of allylic oxidation sites excluding steroid dienone is 1. The number of ketones is 1. The standard InChI is InChI=1S/C39H48N4O5S2/c1-26-10-15-33-28(20-26)8-7-18-39(33)24-43-22-30-11-14-32(30)35(47-3)9-5-4-6-19-50(46,23-31(44)13-17-37-41-40-27(2)49-37)42-38(45)29-12-16-36(48-25-39)34(43)21-29/h5,9-10,12,15-16,20-21,30,32,35H,4,6-8,11,13-14,17-19,22-25H2,1-3H3/b9-5+/t30-,32+,35-,39-,50+/m0/s1. The largest absolute Gasteiger partial charge is 0.490 e. The van der Waals surface area contributed by atoms with E-state index in [-0.39, 0.29) is 35.2 Å². The number of hydrogen-bond donors (Lipinski definition) is 0. The third-order valence-electron chi connectivity index (χ3n) is 11.1. The predicted octanol–water partition coefficient (Wildman–Crippen LogP) is 6.83. The SMILES string of the molecule is CO[C@H]1/C=C/CCC[S@@](=O)(CC(=O)CCc2nnc(C)s2)=NC(=O)c2ccc3c(c2)N(C[C@@H]2CC[C@H]21)C[C@@]1(CCCc2cc(C)ccc21)CO3. The molecule has 2 bridgehead atoms. The molecule has 0 radical (unpaired) electrons. The lowest BCUT2D eigenvalue weighted by Gasteiger charge is -2.46. The van der Waals surface area contributed by atoms with Gasteiger partial charge < -0.3 is 14.4 Å². The number of ether oxygens (including phenoxy) is 2. The second-order valence-electron chi connectivity index (χ2n) is 14.7. The maximum absolute atomic E-state index is 14.4. The van der Waals surface area contributed by atoms with Crippen LogP contribution >= 0.6 is 11.3 Å². The number of carbonyl (C=O) groups is 2. The van der Waals surface area contributed by atoms with Gasteiger partial charge in [0.2, 0.25) is 0 Å². The molecule has 3 heterocycles. The molecule has 9 nitrogen and oxygen atoms in total. The lowest BCUT2D eigenvalue weighted by Crippen LogP contribution is -2.49. The first kappa shape index (κ1) is 35.0. The van der Waals surface area contributed by atoms with E-state index in [1.54, 1.807) is 13.2 Å². The van der Waals surface area contributed by atoms with E-state index in [1.807, 2.05) is 19.1 Å². The normalized spacial score (nSPS) is 28.7. The lowest BCUT2D eigenvalue weighted by molar-refractivity contribution is -0.116. The van der Waals surface area contributed by atoms with Gasteiger partial charge in [-0.1, -0.05) is 35.9 Å². The molecule has 266 valence electrons. The summed E-state index contributed by atoms with van der Waals surface area (Å²) >= 11 is 1.45. The number of anilines is 1. The Kier molecular flexibility index (Phi) is 10.3. The van der Waals surface area contributed by atoms with Gasteiger partial charge in [-0.25, -0.2) is 4.21 Å². The zero-order chi connectivity index (χ0) is 34.9.